The van der Waals surface area contributed by atoms with Gasteiger partial charge in [-0.15, -0.1) is 0 Å². The zero-order valence-corrected chi connectivity index (χ0v) is 15.2. The van der Waals surface area contributed by atoms with Gasteiger partial charge in [-0.2, -0.15) is 5.10 Å². The molecule has 1 aromatic heterocycles. The molecule has 0 bridgehead atoms. The fourth-order valence-corrected chi connectivity index (χ4v) is 2.98. The molecule has 1 atom stereocenters. The van der Waals surface area contributed by atoms with E-state index in [1.54, 1.807) is 7.11 Å². The highest BCUT2D eigenvalue weighted by Gasteiger charge is 2.20. The van der Waals surface area contributed by atoms with Crippen molar-refractivity contribution in [3.8, 4) is 11.8 Å². The molecule has 0 spiro atoms. The quantitative estimate of drug-likeness (QED) is 0.765. The van der Waals surface area contributed by atoms with Crippen LogP contribution in [0.4, 0.5) is 0 Å². The average Bonchev–Trinajstić information content (AvgIpc) is 2.92. The minimum atomic E-state index is -0.238. The second-order valence-corrected chi connectivity index (χ2v) is 7.09. The molecular weight excluding hydrogens is 324 g/mol. The number of halogens is 1. The number of benzene rings is 1. The summed E-state index contributed by atoms with van der Waals surface area (Å²) in [4.78, 5) is 0. The molecule has 1 fully saturated rings. The highest BCUT2D eigenvalue weighted by molar-refractivity contribution is 6.34. The van der Waals surface area contributed by atoms with Crippen LogP contribution < -0.4 is 0 Å². The summed E-state index contributed by atoms with van der Waals surface area (Å²) in [5, 5.41) is 5.93. The van der Waals surface area contributed by atoms with E-state index in [1.165, 1.54) is 0 Å². The first-order valence-corrected chi connectivity index (χ1v) is 8.71. The monoisotopic (exact) mass is 346 g/mol. The molecule has 0 radical (unpaired) electrons. The zero-order chi connectivity index (χ0) is 17.2. The van der Waals surface area contributed by atoms with Gasteiger partial charge in [-0.1, -0.05) is 23.4 Å². The first-order chi connectivity index (χ1) is 11.5. The largest absolute Gasteiger partial charge is 0.378 e. The van der Waals surface area contributed by atoms with Crippen LogP contribution in [0.25, 0.3) is 10.9 Å². The van der Waals surface area contributed by atoms with Gasteiger partial charge in [-0.25, -0.2) is 4.68 Å². The minimum Gasteiger partial charge on any atom is -0.378 e. The van der Waals surface area contributed by atoms with E-state index in [4.69, 9.17) is 21.1 Å². The molecule has 2 aromatic rings. The van der Waals surface area contributed by atoms with Crippen molar-refractivity contribution < 1.29 is 9.47 Å². The molecule has 3 rings (SSSR count). The Bertz CT molecular complexity index is 780. The standard InChI is InChI=1S/C19H23ClN2O2/c1-19(2,23-3)11-6-7-14-9-10-15-16(13-14)22(21-18(15)20)17-8-4-5-12-24-17/h9-10,13,17H,4-5,8,11-12H2,1-3H3. The number of aromatic nitrogens is 2. The number of hydrogen-bond donors (Lipinski definition) is 0. The van der Waals surface area contributed by atoms with Crippen LogP contribution in [-0.4, -0.2) is 29.1 Å². The van der Waals surface area contributed by atoms with E-state index in [-0.39, 0.29) is 11.8 Å². The second kappa shape index (κ2) is 7.14. The summed E-state index contributed by atoms with van der Waals surface area (Å²) in [6.45, 7) is 4.83. The van der Waals surface area contributed by atoms with Gasteiger partial charge in [0.05, 0.1) is 11.1 Å². The van der Waals surface area contributed by atoms with E-state index < -0.39 is 0 Å². The molecule has 0 aliphatic carbocycles. The Hall–Kier alpha value is -1.54. The molecule has 1 saturated heterocycles. The number of ether oxygens (including phenoxy) is 2. The molecule has 1 aliphatic rings. The molecule has 0 amide bonds. The molecular formula is C19H23ClN2O2. The maximum absolute atomic E-state index is 6.29. The summed E-state index contributed by atoms with van der Waals surface area (Å²) in [6, 6.07) is 6.00. The summed E-state index contributed by atoms with van der Waals surface area (Å²) in [7, 11) is 1.71. The first-order valence-electron chi connectivity index (χ1n) is 8.33. The number of hydrogen-bond acceptors (Lipinski definition) is 3. The lowest BCUT2D eigenvalue weighted by Gasteiger charge is -2.23. The van der Waals surface area contributed by atoms with Gasteiger partial charge in [0, 0.05) is 31.1 Å². The Morgan fingerprint density at radius 1 is 1.42 bits per heavy atom. The third-order valence-electron chi connectivity index (χ3n) is 4.39. The molecule has 24 heavy (non-hydrogen) atoms. The van der Waals surface area contributed by atoms with Crippen LogP contribution >= 0.6 is 11.6 Å². The normalized spacial score (nSPS) is 18.4. The fourth-order valence-electron chi connectivity index (χ4n) is 2.74. The third-order valence-corrected chi connectivity index (χ3v) is 4.67. The predicted octanol–water partition coefficient (Wildman–Crippen LogP) is 4.56. The van der Waals surface area contributed by atoms with Gasteiger partial charge in [-0.05, 0) is 51.3 Å². The highest BCUT2D eigenvalue weighted by Crippen LogP contribution is 2.30. The van der Waals surface area contributed by atoms with E-state index in [9.17, 15) is 0 Å². The molecule has 4 nitrogen and oxygen atoms in total. The van der Waals surface area contributed by atoms with Crippen LogP contribution in [0.2, 0.25) is 5.15 Å². The maximum atomic E-state index is 6.29. The summed E-state index contributed by atoms with van der Waals surface area (Å²) in [5.74, 6) is 6.41. The Morgan fingerprint density at radius 2 is 2.25 bits per heavy atom. The van der Waals surface area contributed by atoms with Gasteiger partial charge in [0.15, 0.2) is 11.4 Å². The van der Waals surface area contributed by atoms with Crippen LogP contribution in [0.1, 0.15) is 51.3 Å². The molecule has 1 aliphatic heterocycles. The molecule has 0 N–H and O–H groups in total. The second-order valence-electron chi connectivity index (χ2n) is 6.73. The van der Waals surface area contributed by atoms with Crippen LogP contribution in [0.5, 0.6) is 0 Å². The zero-order valence-electron chi connectivity index (χ0n) is 14.4. The predicted molar refractivity (Wildman–Crippen MR) is 96.2 cm³/mol. The van der Waals surface area contributed by atoms with Gasteiger partial charge in [0.25, 0.3) is 0 Å². The van der Waals surface area contributed by atoms with Crippen molar-refractivity contribution in [3.63, 3.8) is 0 Å². The lowest BCUT2D eigenvalue weighted by atomic mass is 10.1. The van der Waals surface area contributed by atoms with E-state index >= 15 is 0 Å². The molecule has 2 heterocycles. The van der Waals surface area contributed by atoms with Crippen LogP contribution in [-0.2, 0) is 9.47 Å². The van der Waals surface area contributed by atoms with Crippen molar-refractivity contribution in [2.75, 3.05) is 13.7 Å². The number of fused-ring (bicyclic) bond motifs is 1. The Labute approximate surface area is 148 Å². The first kappa shape index (κ1) is 17.3. The van der Waals surface area contributed by atoms with Gasteiger partial charge >= 0.3 is 0 Å². The Kier molecular flexibility index (Phi) is 5.15. The SMILES string of the molecule is COC(C)(C)CC#Cc1ccc2c(Cl)nn(C3CCCCO3)c2c1. The highest BCUT2D eigenvalue weighted by atomic mass is 35.5. The van der Waals surface area contributed by atoms with Gasteiger partial charge in [0.1, 0.15) is 0 Å². The fraction of sp³-hybridized carbons (Fsp3) is 0.526. The summed E-state index contributed by atoms with van der Waals surface area (Å²) >= 11 is 6.29. The van der Waals surface area contributed by atoms with Crippen molar-refractivity contribution in [1.29, 1.82) is 0 Å². The van der Waals surface area contributed by atoms with Crippen molar-refractivity contribution in [3.05, 3.63) is 28.9 Å². The van der Waals surface area contributed by atoms with Gasteiger partial charge in [-0.3, -0.25) is 0 Å². The summed E-state index contributed by atoms with van der Waals surface area (Å²) in [5.41, 5.74) is 1.69. The Balaban J connectivity index is 1.91. The lowest BCUT2D eigenvalue weighted by Crippen LogP contribution is -2.21. The molecule has 128 valence electrons. The smallest absolute Gasteiger partial charge is 0.159 e. The maximum Gasteiger partial charge on any atom is 0.159 e. The van der Waals surface area contributed by atoms with Crippen molar-refractivity contribution in [2.45, 2.75) is 51.4 Å². The van der Waals surface area contributed by atoms with Gasteiger partial charge < -0.3 is 9.47 Å². The molecule has 1 unspecified atom stereocenters. The summed E-state index contributed by atoms with van der Waals surface area (Å²) < 4.78 is 13.2. The molecule has 0 saturated carbocycles. The van der Waals surface area contributed by atoms with E-state index in [2.05, 4.69) is 16.9 Å². The number of rotatable bonds is 3. The lowest BCUT2D eigenvalue weighted by molar-refractivity contribution is -0.0366. The van der Waals surface area contributed by atoms with E-state index in [0.29, 0.717) is 11.6 Å². The third kappa shape index (κ3) is 3.75. The van der Waals surface area contributed by atoms with Gasteiger partial charge in [0.2, 0.25) is 0 Å². The number of methoxy groups -OCH3 is 1. The molecule has 1 aromatic carbocycles. The number of nitrogens with zero attached hydrogens (tertiary/aromatic N) is 2. The minimum absolute atomic E-state index is 0.0376. The van der Waals surface area contributed by atoms with Crippen molar-refractivity contribution in [1.82, 2.24) is 9.78 Å². The molecule has 5 heteroatoms. The average molecular weight is 347 g/mol. The topological polar surface area (TPSA) is 36.3 Å². The summed E-state index contributed by atoms with van der Waals surface area (Å²) in [6.07, 6.45) is 3.85. The van der Waals surface area contributed by atoms with Crippen molar-refractivity contribution >= 4 is 22.5 Å². The van der Waals surface area contributed by atoms with Crippen molar-refractivity contribution in [2.24, 2.45) is 0 Å². The van der Waals surface area contributed by atoms with E-state index in [0.717, 1.165) is 42.3 Å². The van der Waals surface area contributed by atoms with Crippen LogP contribution in [0, 0.1) is 11.8 Å². The van der Waals surface area contributed by atoms with Crippen LogP contribution in [0.3, 0.4) is 0 Å². The Morgan fingerprint density at radius 3 is 2.96 bits per heavy atom. The van der Waals surface area contributed by atoms with E-state index in [1.807, 2.05) is 36.7 Å². The van der Waals surface area contributed by atoms with Crippen LogP contribution in [0.15, 0.2) is 18.2 Å².